The molecule has 0 saturated heterocycles. The van der Waals surface area contributed by atoms with Gasteiger partial charge in [-0.1, -0.05) is 35.3 Å². The number of hydrogen-bond acceptors (Lipinski definition) is 4. The van der Waals surface area contributed by atoms with Crippen molar-refractivity contribution in [3.63, 3.8) is 0 Å². The number of hydrogen-bond donors (Lipinski definition) is 2. The third-order valence-corrected chi connectivity index (χ3v) is 5.83. The van der Waals surface area contributed by atoms with Gasteiger partial charge in [-0.2, -0.15) is 11.8 Å². The summed E-state index contributed by atoms with van der Waals surface area (Å²) in [5, 5.41) is 6.27. The molecule has 1 unspecified atom stereocenters. The second-order valence-corrected chi connectivity index (χ2v) is 8.78. The summed E-state index contributed by atoms with van der Waals surface area (Å²) in [6.45, 7) is 0.981. The zero-order valence-electron chi connectivity index (χ0n) is 17.5. The highest BCUT2D eigenvalue weighted by molar-refractivity contribution is 7.98. The number of amides is 2. The van der Waals surface area contributed by atoms with Crippen molar-refractivity contribution in [1.82, 2.24) is 10.6 Å². The van der Waals surface area contributed by atoms with Crippen molar-refractivity contribution < 1.29 is 14.0 Å². The summed E-state index contributed by atoms with van der Waals surface area (Å²) in [6, 6.07) is 10.5. The Bertz CT molecular complexity index is 901. The monoisotopic (exact) mass is 485 g/mol. The molecule has 2 aromatic carbocycles. The Balaban J connectivity index is 1.89. The molecule has 0 aliphatic rings. The zero-order valence-corrected chi connectivity index (χ0v) is 19.8. The van der Waals surface area contributed by atoms with Crippen molar-refractivity contribution >= 4 is 52.5 Å². The SMILES string of the molecule is CSCCC(NC(=O)c1ccc(Cl)cc1Cl)C(=O)NCCCN(C)c1ccccc1F. The van der Waals surface area contributed by atoms with Crippen LogP contribution < -0.4 is 15.5 Å². The van der Waals surface area contributed by atoms with Gasteiger partial charge in [0, 0.05) is 25.2 Å². The van der Waals surface area contributed by atoms with E-state index in [1.165, 1.54) is 18.2 Å². The fraction of sp³-hybridized carbons (Fsp3) is 0.364. The number of nitrogens with zero attached hydrogens (tertiary/aromatic N) is 1. The van der Waals surface area contributed by atoms with Gasteiger partial charge >= 0.3 is 0 Å². The molecule has 0 aromatic heterocycles. The van der Waals surface area contributed by atoms with Gasteiger partial charge in [-0.15, -0.1) is 0 Å². The highest BCUT2D eigenvalue weighted by Crippen LogP contribution is 2.21. The number of benzene rings is 2. The summed E-state index contributed by atoms with van der Waals surface area (Å²) in [4.78, 5) is 27.1. The molecular weight excluding hydrogens is 460 g/mol. The molecule has 2 aromatic rings. The number of carbonyl (C=O) groups is 2. The van der Waals surface area contributed by atoms with Crippen LogP contribution in [-0.2, 0) is 4.79 Å². The molecule has 2 N–H and O–H groups in total. The van der Waals surface area contributed by atoms with Crippen molar-refractivity contribution in [1.29, 1.82) is 0 Å². The Morgan fingerprint density at radius 3 is 2.61 bits per heavy atom. The van der Waals surface area contributed by atoms with E-state index in [9.17, 15) is 14.0 Å². The van der Waals surface area contributed by atoms with Gasteiger partial charge < -0.3 is 15.5 Å². The van der Waals surface area contributed by atoms with E-state index in [-0.39, 0.29) is 22.3 Å². The maximum Gasteiger partial charge on any atom is 0.253 e. The van der Waals surface area contributed by atoms with Crippen LogP contribution in [0.1, 0.15) is 23.2 Å². The molecule has 0 heterocycles. The Kier molecular flexibility index (Phi) is 10.4. The Morgan fingerprint density at radius 1 is 1.19 bits per heavy atom. The average Bonchev–Trinajstić information content (AvgIpc) is 2.74. The van der Waals surface area contributed by atoms with Crippen LogP contribution in [0.3, 0.4) is 0 Å². The van der Waals surface area contributed by atoms with Crippen LogP contribution in [0.15, 0.2) is 42.5 Å². The number of rotatable bonds is 11. The third-order valence-electron chi connectivity index (χ3n) is 4.64. The quantitative estimate of drug-likeness (QED) is 0.455. The van der Waals surface area contributed by atoms with Crippen molar-refractivity contribution in [3.05, 3.63) is 63.9 Å². The smallest absolute Gasteiger partial charge is 0.253 e. The van der Waals surface area contributed by atoms with E-state index in [1.54, 1.807) is 48.0 Å². The van der Waals surface area contributed by atoms with Gasteiger partial charge in [-0.05, 0) is 55.2 Å². The lowest BCUT2D eigenvalue weighted by Crippen LogP contribution is -2.47. The van der Waals surface area contributed by atoms with Gasteiger partial charge in [0.05, 0.1) is 16.3 Å². The number of thioether (sulfide) groups is 1. The highest BCUT2D eigenvalue weighted by atomic mass is 35.5. The minimum Gasteiger partial charge on any atom is -0.372 e. The van der Waals surface area contributed by atoms with Crippen molar-refractivity contribution in [3.8, 4) is 0 Å². The lowest BCUT2D eigenvalue weighted by molar-refractivity contribution is -0.123. The van der Waals surface area contributed by atoms with E-state index < -0.39 is 11.9 Å². The Labute approximate surface area is 196 Å². The fourth-order valence-electron chi connectivity index (χ4n) is 2.95. The molecule has 168 valence electrons. The number of nitrogens with one attached hydrogen (secondary N) is 2. The van der Waals surface area contributed by atoms with E-state index in [0.29, 0.717) is 42.4 Å². The molecule has 0 spiro atoms. The second-order valence-electron chi connectivity index (χ2n) is 6.95. The molecule has 0 aliphatic carbocycles. The minimum atomic E-state index is -0.684. The Morgan fingerprint density at radius 2 is 1.94 bits per heavy atom. The van der Waals surface area contributed by atoms with Crippen LogP contribution >= 0.6 is 35.0 Å². The molecular formula is C22H26Cl2FN3O2S. The zero-order chi connectivity index (χ0) is 22.8. The molecule has 5 nitrogen and oxygen atoms in total. The topological polar surface area (TPSA) is 61.4 Å². The van der Waals surface area contributed by atoms with Crippen LogP contribution in [0, 0.1) is 5.82 Å². The van der Waals surface area contributed by atoms with E-state index in [1.807, 2.05) is 6.26 Å². The maximum atomic E-state index is 13.8. The summed E-state index contributed by atoms with van der Waals surface area (Å²) >= 11 is 13.6. The second kappa shape index (κ2) is 12.8. The number of carbonyl (C=O) groups excluding carboxylic acids is 2. The number of para-hydroxylation sites is 1. The summed E-state index contributed by atoms with van der Waals surface area (Å²) in [6.07, 6.45) is 3.05. The first-order chi connectivity index (χ1) is 14.8. The predicted molar refractivity (Wildman–Crippen MR) is 128 cm³/mol. The summed E-state index contributed by atoms with van der Waals surface area (Å²) < 4.78 is 13.8. The van der Waals surface area contributed by atoms with Crippen LogP contribution in [-0.4, -0.2) is 50.0 Å². The van der Waals surface area contributed by atoms with E-state index in [2.05, 4.69) is 10.6 Å². The standard InChI is InChI=1S/C22H26Cl2FN3O2S/c1-28(20-7-4-3-6-18(20)25)12-5-11-26-22(30)19(10-13-31-2)27-21(29)16-9-8-15(23)14-17(16)24/h3-4,6-9,14,19H,5,10-13H2,1-2H3,(H,26,30)(H,27,29). The van der Waals surface area contributed by atoms with Crippen molar-refractivity contribution in [2.24, 2.45) is 0 Å². The van der Waals surface area contributed by atoms with Gasteiger partial charge in [0.2, 0.25) is 5.91 Å². The molecule has 31 heavy (non-hydrogen) atoms. The normalized spacial score (nSPS) is 11.6. The minimum absolute atomic E-state index is 0.227. The van der Waals surface area contributed by atoms with Gasteiger partial charge in [0.25, 0.3) is 5.91 Å². The van der Waals surface area contributed by atoms with E-state index in [4.69, 9.17) is 23.2 Å². The van der Waals surface area contributed by atoms with E-state index >= 15 is 0 Å². The third kappa shape index (κ3) is 7.91. The van der Waals surface area contributed by atoms with Gasteiger partial charge in [0.15, 0.2) is 0 Å². The van der Waals surface area contributed by atoms with Crippen LogP contribution in [0.4, 0.5) is 10.1 Å². The molecule has 9 heteroatoms. The molecule has 0 bridgehead atoms. The lowest BCUT2D eigenvalue weighted by Gasteiger charge is -2.21. The average molecular weight is 486 g/mol. The molecule has 2 rings (SSSR count). The fourth-order valence-corrected chi connectivity index (χ4v) is 3.91. The van der Waals surface area contributed by atoms with E-state index in [0.717, 1.165) is 0 Å². The largest absolute Gasteiger partial charge is 0.372 e. The predicted octanol–water partition coefficient (Wildman–Crippen LogP) is 4.63. The summed E-state index contributed by atoms with van der Waals surface area (Å²) in [7, 11) is 1.80. The molecule has 0 saturated carbocycles. The first kappa shape index (κ1) is 25.3. The molecule has 1 atom stereocenters. The first-order valence-corrected chi connectivity index (χ1v) is 12.0. The molecule has 0 radical (unpaired) electrons. The lowest BCUT2D eigenvalue weighted by atomic mass is 10.1. The van der Waals surface area contributed by atoms with Gasteiger partial charge in [-0.3, -0.25) is 9.59 Å². The molecule has 0 fully saturated rings. The number of halogens is 3. The van der Waals surface area contributed by atoms with Crippen molar-refractivity contribution in [2.75, 3.05) is 37.0 Å². The van der Waals surface area contributed by atoms with Crippen LogP contribution in [0.5, 0.6) is 0 Å². The Hall–Kier alpha value is -1.96. The van der Waals surface area contributed by atoms with Gasteiger partial charge in [0.1, 0.15) is 11.9 Å². The van der Waals surface area contributed by atoms with Crippen LogP contribution in [0.2, 0.25) is 10.0 Å². The van der Waals surface area contributed by atoms with Crippen molar-refractivity contribution in [2.45, 2.75) is 18.9 Å². The molecule has 0 aliphatic heterocycles. The summed E-state index contributed by atoms with van der Waals surface area (Å²) in [5.74, 6) is -0.263. The molecule has 2 amide bonds. The van der Waals surface area contributed by atoms with Gasteiger partial charge in [-0.25, -0.2) is 4.39 Å². The number of anilines is 1. The van der Waals surface area contributed by atoms with Crippen LogP contribution in [0.25, 0.3) is 0 Å². The highest BCUT2D eigenvalue weighted by Gasteiger charge is 2.22. The summed E-state index contributed by atoms with van der Waals surface area (Å²) in [5.41, 5.74) is 0.776. The maximum absolute atomic E-state index is 13.8. The first-order valence-electron chi connectivity index (χ1n) is 9.81.